The first kappa shape index (κ1) is 14.5. The van der Waals surface area contributed by atoms with Crippen LogP contribution in [0, 0.1) is 19.8 Å². The van der Waals surface area contributed by atoms with Crippen LogP contribution in [0.15, 0.2) is 0 Å². The van der Waals surface area contributed by atoms with Crippen LogP contribution in [0.3, 0.4) is 0 Å². The van der Waals surface area contributed by atoms with Gasteiger partial charge in [0.15, 0.2) is 11.0 Å². The second-order valence-corrected chi connectivity index (χ2v) is 6.02. The molecule has 0 amide bonds. The second kappa shape index (κ2) is 6.06. The Morgan fingerprint density at radius 2 is 2.00 bits per heavy atom. The molecule has 1 aliphatic rings. The number of hydrogen-bond acceptors (Lipinski definition) is 4. The fourth-order valence-corrected chi connectivity index (χ4v) is 2.66. The lowest BCUT2D eigenvalue weighted by Crippen LogP contribution is -2.29. The molecule has 19 heavy (non-hydrogen) atoms. The Bertz CT molecular complexity index is 447. The van der Waals surface area contributed by atoms with Gasteiger partial charge < -0.3 is 10.2 Å². The average molecular weight is 283 g/mol. The zero-order chi connectivity index (χ0) is 14.0. The largest absolute Gasteiger partial charge is 0.367 e. The maximum absolute atomic E-state index is 6.12. The highest BCUT2D eigenvalue weighted by atomic mass is 35.5. The van der Waals surface area contributed by atoms with Crippen molar-refractivity contribution in [3.63, 3.8) is 0 Å². The number of likely N-dealkylation sites (tertiary alicyclic amines) is 1. The van der Waals surface area contributed by atoms with E-state index in [0.29, 0.717) is 22.9 Å². The third kappa shape index (κ3) is 3.57. The van der Waals surface area contributed by atoms with Gasteiger partial charge in [-0.05, 0) is 46.6 Å². The molecule has 1 aromatic rings. The van der Waals surface area contributed by atoms with Crippen LogP contribution in [0.25, 0.3) is 0 Å². The highest BCUT2D eigenvalue weighted by Crippen LogP contribution is 2.22. The van der Waals surface area contributed by atoms with Gasteiger partial charge in [0.1, 0.15) is 0 Å². The van der Waals surface area contributed by atoms with E-state index in [-0.39, 0.29) is 0 Å². The molecule has 0 aromatic carbocycles. The van der Waals surface area contributed by atoms with Gasteiger partial charge in [0, 0.05) is 19.1 Å². The summed E-state index contributed by atoms with van der Waals surface area (Å²) in [5, 5.41) is 3.82. The molecule has 0 aliphatic carbocycles. The first-order valence-electron chi connectivity index (χ1n) is 6.96. The normalized spacial score (nSPS) is 20.2. The van der Waals surface area contributed by atoms with Gasteiger partial charge in [-0.15, -0.1) is 0 Å². The monoisotopic (exact) mass is 282 g/mol. The summed E-state index contributed by atoms with van der Waals surface area (Å²) in [4.78, 5) is 11.3. The van der Waals surface area contributed by atoms with Crippen molar-refractivity contribution < 1.29 is 0 Å². The van der Waals surface area contributed by atoms with E-state index in [2.05, 4.69) is 34.0 Å². The summed E-state index contributed by atoms with van der Waals surface area (Å²) in [6.45, 7) is 11.6. The topological polar surface area (TPSA) is 41.1 Å². The molecule has 4 nitrogen and oxygen atoms in total. The van der Waals surface area contributed by atoms with Crippen LogP contribution in [-0.2, 0) is 0 Å². The molecule has 1 unspecified atom stereocenters. The van der Waals surface area contributed by atoms with Crippen molar-refractivity contribution in [1.82, 2.24) is 14.9 Å². The summed E-state index contributed by atoms with van der Waals surface area (Å²) in [6, 6.07) is 0.634. The van der Waals surface area contributed by atoms with Crippen molar-refractivity contribution >= 4 is 17.4 Å². The number of nitrogens with zero attached hydrogens (tertiary/aromatic N) is 3. The average Bonchev–Trinajstić information content (AvgIpc) is 2.81. The zero-order valence-electron chi connectivity index (χ0n) is 12.2. The van der Waals surface area contributed by atoms with E-state index in [1.54, 1.807) is 0 Å². The van der Waals surface area contributed by atoms with Gasteiger partial charge in [-0.3, -0.25) is 0 Å². The van der Waals surface area contributed by atoms with Gasteiger partial charge in [-0.25, -0.2) is 9.97 Å². The Balaban J connectivity index is 1.91. The first-order valence-corrected chi connectivity index (χ1v) is 7.34. The number of aromatic nitrogens is 2. The maximum atomic E-state index is 6.12. The number of nitrogens with one attached hydrogen (secondary N) is 1. The molecule has 5 heteroatoms. The molecule has 1 atom stereocenters. The summed E-state index contributed by atoms with van der Waals surface area (Å²) >= 11 is 6.12. The minimum atomic E-state index is 0.474. The van der Waals surface area contributed by atoms with Crippen LogP contribution >= 0.6 is 11.6 Å². The van der Waals surface area contributed by atoms with Crippen LogP contribution in [0.5, 0.6) is 0 Å². The third-order valence-corrected chi connectivity index (χ3v) is 4.13. The van der Waals surface area contributed by atoms with Crippen molar-refractivity contribution in [2.45, 2.75) is 40.2 Å². The van der Waals surface area contributed by atoms with Gasteiger partial charge in [0.25, 0.3) is 0 Å². The smallest absolute Gasteiger partial charge is 0.171 e. The number of anilines is 1. The standard InChI is InChI=1S/C14H23ClN4/c1-9(2)19-6-5-12(8-19)7-16-14-13(15)17-10(3)11(4)18-14/h9,12H,5-8H2,1-4H3,(H,16,18). The lowest BCUT2D eigenvalue weighted by atomic mass is 10.1. The molecule has 1 saturated heterocycles. The van der Waals surface area contributed by atoms with Crippen molar-refractivity contribution in [2.24, 2.45) is 5.92 Å². The molecule has 1 N–H and O–H groups in total. The molecule has 1 aliphatic heterocycles. The predicted molar refractivity (Wildman–Crippen MR) is 79.8 cm³/mol. The summed E-state index contributed by atoms with van der Waals surface area (Å²) in [7, 11) is 0. The molecule has 2 rings (SSSR count). The van der Waals surface area contributed by atoms with Crippen molar-refractivity contribution in [3.05, 3.63) is 16.5 Å². The molecule has 2 heterocycles. The van der Waals surface area contributed by atoms with Crippen molar-refractivity contribution in [2.75, 3.05) is 25.0 Å². The van der Waals surface area contributed by atoms with Gasteiger partial charge >= 0.3 is 0 Å². The molecular weight excluding hydrogens is 260 g/mol. The first-order chi connectivity index (χ1) is 8.97. The molecule has 106 valence electrons. The molecule has 1 aromatic heterocycles. The SMILES string of the molecule is Cc1nc(Cl)c(NCC2CCN(C(C)C)C2)nc1C. The van der Waals surface area contributed by atoms with E-state index >= 15 is 0 Å². The van der Waals surface area contributed by atoms with Gasteiger partial charge in [-0.2, -0.15) is 0 Å². The Morgan fingerprint density at radius 1 is 1.32 bits per heavy atom. The van der Waals surface area contributed by atoms with Crippen molar-refractivity contribution in [1.29, 1.82) is 0 Å². The Labute approximate surface area is 120 Å². The van der Waals surface area contributed by atoms with Crippen LogP contribution in [0.2, 0.25) is 5.15 Å². The highest BCUT2D eigenvalue weighted by molar-refractivity contribution is 6.31. The fraction of sp³-hybridized carbons (Fsp3) is 0.714. The Hall–Kier alpha value is -0.870. The Morgan fingerprint density at radius 3 is 2.63 bits per heavy atom. The molecule has 1 fully saturated rings. The quantitative estimate of drug-likeness (QED) is 0.922. The molecule has 0 bridgehead atoms. The van der Waals surface area contributed by atoms with Crippen LogP contribution in [-0.4, -0.2) is 40.5 Å². The minimum Gasteiger partial charge on any atom is -0.367 e. The van der Waals surface area contributed by atoms with Gasteiger partial charge in [0.05, 0.1) is 11.4 Å². The molecule has 0 spiro atoms. The summed E-state index contributed by atoms with van der Waals surface area (Å²) in [6.07, 6.45) is 1.24. The fourth-order valence-electron chi connectivity index (χ4n) is 2.43. The van der Waals surface area contributed by atoms with E-state index in [1.165, 1.54) is 13.0 Å². The number of hydrogen-bond donors (Lipinski definition) is 1. The van der Waals surface area contributed by atoms with E-state index in [4.69, 9.17) is 11.6 Å². The lowest BCUT2D eigenvalue weighted by Gasteiger charge is -2.20. The summed E-state index contributed by atoms with van der Waals surface area (Å²) in [5.41, 5.74) is 1.82. The minimum absolute atomic E-state index is 0.474. The molecular formula is C14H23ClN4. The lowest BCUT2D eigenvalue weighted by molar-refractivity contribution is 0.266. The van der Waals surface area contributed by atoms with E-state index in [1.807, 2.05) is 13.8 Å². The van der Waals surface area contributed by atoms with Gasteiger partial charge in [-0.1, -0.05) is 11.6 Å². The maximum Gasteiger partial charge on any atom is 0.171 e. The van der Waals surface area contributed by atoms with Crippen LogP contribution in [0.1, 0.15) is 31.7 Å². The van der Waals surface area contributed by atoms with E-state index in [9.17, 15) is 0 Å². The van der Waals surface area contributed by atoms with E-state index < -0.39 is 0 Å². The van der Waals surface area contributed by atoms with Crippen molar-refractivity contribution in [3.8, 4) is 0 Å². The summed E-state index contributed by atoms with van der Waals surface area (Å²) in [5.74, 6) is 1.38. The predicted octanol–water partition coefficient (Wildman–Crippen LogP) is 2.89. The van der Waals surface area contributed by atoms with Gasteiger partial charge in [0.2, 0.25) is 0 Å². The number of halogens is 1. The highest BCUT2D eigenvalue weighted by Gasteiger charge is 2.24. The van der Waals surface area contributed by atoms with Crippen LogP contribution in [0.4, 0.5) is 5.82 Å². The summed E-state index contributed by atoms with van der Waals surface area (Å²) < 4.78 is 0. The number of aryl methyl sites for hydroxylation is 2. The van der Waals surface area contributed by atoms with E-state index in [0.717, 1.165) is 24.5 Å². The van der Waals surface area contributed by atoms with Crippen LogP contribution < -0.4 is 5.32 Å². The second-order valence-electron chi connectivity index (χ2n) is 5.66. The zero-order valence-corrected chi connectivity index (χ0v) is 13.0. The Kier molecular flexibility index (Phi) is 4.63. The molecule has 0 saturated carbocycles. The third-order valence-electron chi connectivity index (χ3n) is 3.87. The number of rotatable bonds is 4. The molecule has 0 radical (unpaired) electrons.